The smallest absolute Gasteiger partial charge is 0.431 e. The second-order valence-electron chi connectivity index (χ2n) is 6.00. The molecule has 0 aliphatic rings. The Labute approximate surface area is 163 Å². The van der Waals surface area contributed by atoms with E-state index in [4.69, 9.17) is 13.0 Å². The second kappa shape index (κ2) is 17.2. The Morgan fingerprint density at radius 2 is 0.800 bits per heavy atom. The van der Waals surface area contributed by atoms with Crippen LogP contribution < -0.4 is 0 Å². The van der Waals surface area contributed by atoms with Crippen LogP contribution in [0, 0.1) is 0 Å². The maximum atomic E-state index is 6.00. The van der Waals surface area contributed by atoms with Crippen LogP contribution in [-0.2, 0) is 13.0 Å². The van der Waals surface area contributed by atoms with E-state index in [9.17, 15) is 0 Å². The molecular formula is C18H39BO3Si3. The Morgan fingerprint density at radius 3 is 1.00 bits per heavy atom. The summed E-state index contributed by atoms with van der Waals surface area (Å²) in [6.45, 7) is 13.2. The monoisotopic (exact) mass is 398 g/mol. The van der Waals surface area contributed by atoms with Crippen LogP contribution in [-0.4, -0.2) is 36.6 Å². The molecule has 0 aliphatic carbocycles. The lowest BCUT2D eigenvalue weighted by atomic mass is 10.2. The van der Waals surface area contributed by atoms with Gasteiger partial charge in [0.05, 0.1) is 0 Å². The molecule has 0 saturated heterocycles. The average Bonchev–Trinajstić information content (AvgIpc) is 2.65. The Morgan fingerprint density at radius 1 is 0.560 bits per heavy atom. The molecule has 0 spiro atoms. The molecule has 0 N–H and O–H groups in total. The fourth-order valence-corrected chi connectivity index (χ4v) is 6.85. The summed E-state index contributed by atoms with van der Waals surface area (Å²) in [7, 11) is -2.63. The maximum absolute atomic E-state index is 6.00. The minimum absolute atomic E-state index is 0.436. The zero-order valence-corrected chi connectivity index (χ0v) is 21.6. The van der Waals surface area contributed by atoms with E-state index in [-0.39, 0.29) is 0 Å². The molecule has 0 radical (unpaired) electrons. The van der Waals surface area contributed by atoms with E-state index < -0.39 is 36.6 Å². The first-order valence-corrected chi connectivity index (χ1v) is 14.2. The van der Waals surface area contributed by atoms with E-state index in [0.29, 0.717) is 0 Å². The van der Waals surface area contributed by atoms with Crippen LogP contribution >= 0.6 is 0 Å². The fourth-order valence-electron chi connectivity index (χ4n) is 2.49. The summed E-state index contributed by atoms with van der Waals surface area (Å²) in [6, 6.07) is 0. The molecule has 0 aliphatic heterocycles. The molecule has 0 bridgehead atoms. The van der Waals surface area contributed by atoms with Crippen LogP contribution in [0.25, 0.3) is 0 Å². The highest BCUT2D eigenvalue weighted by molar-refractivity contribution is 6.61. The third kappa shape index (κ3) is 12.7. The van der Waals surface area contributed by atoms with Crippen molar-refractivity contribution < 1.29 is 13.0 Å². The van der Waals surface area contributed by atoms with Gasteiger partial charge in [-0.2, -0.15) is 0 Å². The molecule has 0 rings (SSSR count). The van der Waals surface area contributed by atoms with Gasteiger partial charge in [0.2, 0.25) is 0 Å². The van der Waals surface area contributed by atoms with Crippen LogP contribution in [0.2, 0.25) is 0 Å². The van der Waals surface area contributed by atoms with Gasteiger partial charge < -0.3 is 13.0 Å². The highest BCUT2D eigenvalue weighted by Gasteiger charge is 2.18. The first kappa shape index (κ1) is 24.8. The van der Waals surface area contributed by atoms with Crippen LogP contribution in [0.15, 0.2) is 33.8 Å². The SMILES string of the molecule is CCC(=C[SiH2]OB(O[SiH2]C=C(CC)CC)O[SiH2]C=C(CC)CC)CC. The van der Waals surface area contributed by atoms with Crippen LogP contribution in [0.3, 0.4) is 0 Å². The zero-order chi connectivity index (χ0) is 18.9. The van der Waals surface area contributed by atoms with Gasteiger partial charge in [-0.25, -0.2) is 0 Å². The van der Waals surface area contributed by atoms with E-state index in [2.05, 4.69) is 58.6 Å². The normalized spacial score (nSPS) is 11.8. The van der Waals surface area contributed by atoms with E-state index >= 15 is 0 Å². The van der Waals surface area contributed by atoms with Crippen LogP contribution in [0.4, 0.5) is 0 Å². The third-order valence-corrected chi connectivity index (χ3v) is 8.16. The Bertz CT molecular complexity index is 346. The maximum Gasteiger partial charge on any atom is 0.606 e. The predicted molar refractivity (Wildman–Crippen MR) is 121 cm³/mol. The summed E-state index contributed by atoms with van der Waals surface area (Å²) in [5.41, 5.74) is 11.4. The molecule has 0 saturated carbocycles. The molecule has 0 aromatic heterocycles. The van der Waals surface area contributed by atoms with Gasteiger partial charge in [0.25, 0.3) is 0 Å². The highest BCUT2D eigenvalue weighted by Crippen LogP contribution is 2.07. The third-order valence-electron chi connectivity index (χ3n) is 4.54. The van der Waals surface area contributed by atoms with Gasteiger partial charge in [-0.3, -0.25) is 0 Å². The molecule has 7 heteroatoms. The predicted octanol–water partition coefficient (Wildman–Crippen LogP) is 3.38. The van der Waals surface area contributed by atoms with Gasteiger partial charge in [0.15, 0.2) is 29.3 Å². The molecular weight excluding hydrogens is 359 g/mol. The van der Waals surface area contributed by atoms with Gasteiger partial charge in [0, 0.05) is 0 Å². The lowest BCUT2D eigenvalue weighted by Gasteiger charge is -2.14. The molecule has 0 heterocycles. The molecule has 25 heavy (non-hydrogen) atoms. The van der Waals surface area contributed by atoms with E-state index in [0.717, 1.165) is 38.5 Å². The van der Waals surface area contributed by atoms with Crippen molar-refractivity contribution in [3.63, 3.8) is 0 Å². The Balaban J connectivity index is 4.61. The van der Waals surface area contributed by atoms with Crippen molar-refractivity contribution in [1.82, 2.24) is 0 Å². The van der Waals surface area contributed by atoms with Crippen molar-refractivity contribution in [1.29, 1.82) is 0 Å². The molecule has 0 amide bonds. The van der Waals surface area contributed by atoms with Crippen LogP contribution in [0.5, 0.6) is 0 Å². The molecule has 0 unspecified atom stereocenters. The summed E-state index contributed by atoms with van der Waals surface area (Å²) in [5.74, 6) is 0. The summed E-state index contributed by atoms with van der Waals surface area (Å²) < 4.78 is 18.0. The lowest BCUT2D eigenvalue weighted by molar-refractivity contribution is 0.336. The molecule has 144 valence electrons. The zero-order valence-electron chi connectivity index (χ0n) is 17.4. The topological polar surface area (TPSA) is 27.7 Å². The first-order chi connectivity index (χ1) is 12.1. The molecule has 0 aromatic carbocycles. The van der Waals surface area contributed by atoms with E-state index in [1.807, 2.05) is 0 Å². The highest BCUT2D eigenvalue weighted by atomic mass is 28.2. The first-order valence-electron chi connectivity index (χ1n) is 10.0. The Kier molecular flexibility index (Phi) is 17.1. The van der Waals surface area contributed by atoms with Crippen molar-refractivity contribution in [2.75, 3.05) is 0 Å². The van der Waals surface area contributed by atoms with Gasteiger partial charge in [-0.05, 0) is 38.5 Å². The fraction of sp³-hybridized carbons (Fsp3) is 0.667. The van der Waals surface area contributed by atoms with Crippen molar-refractivity contribution >= 4 is 36.6 Å². The molecule has 0 fully saturated rings. The summed E-state index contributed by atoms with van der Waals surface area (Å²) in [6.07, 6.45) is 6.67. The van der Waals surface area contributed by atoms with Crippen molar-refractivity contribution in [2.24, 2.45) is 0 Å². The quantitative estimate of drug-likeness (QED) is 0.396. The van der Waals surface area contributed by atoms with E-state index in [1.165, 1.54) is 16.7 Å². The minimum Gasteiger partial charge on any atom is -0.431 e. The number of allylic oxidation sites excluding steroid dienone is 3. The van der Waals surface area contributed by atoms with Gasteiger partial charge in [-0.15, -0.1) is 0 Å². The lowest BCUT2D eigenvalue weighted by Crippen LogP contribution is -2.31. The van der Waals surface area contributed by atoms with Crippen molar-refractivity contribution in [3.8, 4) is 0 Å². The molecule has 0 atom stereocenters. The van der Waals surface area contributed by atoms with Crippen molar-refractivity contribution in [2.45, 2.75) is 80.1 Å². The van der Waals surface area contributed by atoms with Gasteiger partial charge in [-0.1, -0.05) is 75.4 Å². The largest absolute Gasteiger partial charge is 0.606 e. The number of hydrogen-bond donors (Lipinski definition) is 0. The van der Waals surface area contributed by atoms with Gasteiger partial charge in [0.1, 0.15) is 0 Å². The molecule has 3 nitrogen and oxygen atoms in total. The molecule has 0 aromatic rings. The summed E-state index contributed by atoms with van der Waals surface area (Å²) >= 11 is 0. The average molecular weight is 399 g/mol. The number of rotatable bonds is 15. The summed E-state index contributed by atoms with van der Waals surface area (Å²) in [5, 5.41) is 0. The van der Waals surface area contributed by atoms with E-state index in [1.54, 1.807) is 0 Å². The summed E-state index contributed by atoms with van der Waals surface area (Å²) in [4.78, 5) is 0. The van der Waals surface area contributed by atoms with Crippen molar-refractivity contribution in [3.05, 3.63) is 33.8 Å². The van der Waals surface area contributed by atoms with Gasteiger partial charge >= 0.3 is 7.32 Å². The van der Waals surface area contributed by atoms with Crippen LogP contribution in [0.1, 0.15) is 80.1 Å². The standard InChI is InChI=1S/C18H39BO3Si3/c1-7-16(8-2)13-23-20-19(21-24-14-17(9-3)10-4)22-25-15-18(11-5)12-6/h13-15H,7-12,23-25H2,1-6H3. The second-order valence-corrected chi connectivity index (χ2v) is 9.22. The Hall–Kier alpha value is -0.184. The minimum atomic E-state index is -0.730. The number of hydrogen-bond acceptors (Lipinski definition) is 3.